The fraction of sp³-hybridized carbons (Fsp3) is 0. The third kappa shape index (κ3) is 1.35. The molecule has 2 radical (unpaired) electrons. The van der Waals surface area contributed by atoms with Gasteiger partial charge in [-0.25, -0.2) is 0 Å². The number of rotatable bonds is 0. The average molecular weight is 51.8 g/mol. The van der Waals surface area contributed by atoms with Crippen LogP contribution < -0.4 is 5.23 Å². The van der Waals surface area contributed by atoms with E-state index in [-0.39, 0.29) is 0 Å². The summed E-state index contributed by atoms with van der Waals surface area (Å²) >= 11 is 0. The van der Waals surface area contributed by atoms with Crippen LogP contribution in [0.3, 0.4) is 0 Å². The van der Waals surface area contributed by atoms with E-state index in [0.717, 1.165) is 0 Å². The third-order valence-corrected chi connectivity index (χ3v) is 0.0645. The summed E-state index contributed by atoms with van der Waals surface area (Å²) in [5, 5.41) is 9.12. The highest BCUT2D eigenvalue weighted by Gasteiger charge is 1.42. The molecule has 0 aromatic heterocycles. The topological polar surface area (TPSA) is 35.8 Å². The van der Waals surface area contributed by atoms with Crippen LogP contribution in [0.2, 0.25) is 0 Å². The van der Waals surface area contributed by atoms with Crippen LogP contribution in [0.15, 0.2) is 0 Å². The minimum absolute atomic E-state index is 1.46. The largest absolute Gasteiger partial charge is 0.378 e. The molecule has 0 saturated heterocycles. The second-order valence-electron chi connectivity index (χ2n) is 0.256. The van der Waals surface area contributed by atoms with Crippen LogP contribution >= 0.6 is 0 Å². The Morgan fingerprint density at radius 2 is 2.25 bits per heavy atom. The molecule has 0 aromatic rings. The maximum atomic E-state index is 7.39. The van der Waals surface area contributed by atoms with E-state index in [1.54, 1.807) is 5.23 Å². The first-order valence-corrected chi connectivity index (χ1v) is 0.762. The average Bonchev–Trinajstić information content (AvgIpc) is 1.37. The summed E-state index contributed by atoms with van der Waals surface area (Å²) in [5.74, 6) is 0. The highest BCUT2D eigenvalue weighted by Crippen LogP contribution is 1.14. The van der Waals surface area contributed by atoms with E-state index in [4.69, 9.17) is 5.26 Å². The van der Waals surface area contributed by atoms with Crippen molar-refractivity contribution in [3.63, 3.8) is 0 Å². The standard InChI is InChI=1S/CHBN2/c2-4-1-3/h4H. The van der Waals surface area contributed by atoms with Crippen molar-refractivity contribution >= 4 is 7.98 Å². The molecule has 0 aliphatic heterocycles. The molecule has 0 amide bonds. The predicted molar refractivity (Wildman–Crippen MR) is 14.5 cm³/mol. The van der Waals surface area contributed by atoms with E-state index < -0.39 is 0 Å². The summed E-state index contributed by atoms with van der Waals surface area (Å²) < 4.78 is 0. The highest BCUT2D eigenvalue weighted by atomic mass is 14.7. The molecule has 0 aromatic carbocycles. The van der Waals surface area contributed by atoms with Crippen molar-refractivity contribution in [1.29, 1.82) is 5.26 Å². The van der Waals surface area contributed by atoms with Gasteiger partial charge in [-0.05, 0) is 0 Å². The zero-order valence-corrected chi connectivity index (χ0v) is 2.02. The summed E-state index contributed by atoms with van der Waals surface area (Å²) in [6.45, 7) is 0. The number of nitrogens with zero attached hydrogens (tertiary/aromatic N) is 1. The Bertz CT molecular complexity index is 35.8. The maximum absolute atomic E-state index is 7.39. The van der Waals surface area contributed by atoms with Crippen LogP contribution in [-0.2, 0) is 0 Å². The van der Waals surface area contributed by atoms with Gasteiger partial charge in [0.05, 0.1) is 0 Å². The molecule has 0 heterocycles. The number of nitrogens with one attached hydrogen (secondary N) is 1. The number of hydrogen-bond donors (Lipinski definition) is 1. The van der Waals surface area contributed by atoms with E-state index in [9.17, 15) is 0 Å². The second-order valence-corrected chi connectivity index (χ2v) is 0.256. The molecule has 0 bridgehead atoms. The number of nitriles is 1. The molecule has 0 rings (SSSR count). The molecule has 18 valence electrons. The van der Waals surface area contributed by atoms with E-state index >= 15 is 0 Å². The molecular weight excluding hydrogens is 50.8 g/mol. The van der Waals surface area contributed by atoms with Gasteiger partial charge in [0.25, 0.3) is 0 Å². The van der Waals surface area contributed by atoms with Gasteiger partial charge in [0.15, 0.2) is 6.19 Å². The van der Waals surface area contributed by atoms with E-state index in [1.165, 1.54) is 6.19 Å². The Balaban J connectivity index is 2.43. The number of hydrogen-bond acceptors (Lipinski definition) is 2. The Kier molecular flexibility index (Phi) is 1.98. The van der Waals surface area contributed by atoms with Gasteiger partial charge in [-0.3, -0.25) is 0 Å². The summed E-state index contributed by atoms with van der Waals surface area (Å²) in [4.78, 5) is 0. The molecule has 4 heavy (non-hydrogen) atoms. The van der Waals surface area contributed by atoms with Gasteiger partial charge in [-0.1, -0.05) is 0 Å². The molecule has 3 heteroatoms. The van der Waals surface area contributed by atoms with E-state index in [1.807, 2.05) is 0 Å². The zero-order chi connectivity index (χ0) is 3.41. The lowest BCUT2D eigenvalue weighted by Gasteiger charge is -1.59. The van der Waals surface area contributed by atoms with Gasteiger partial charge in [0.1, 0.15) is 0 Å². The lowest BCUT2D eigenvalue weighted by molar-refractivity contribution is 1.35. The summed E-state index contributed by atoms with van der Waals surface area (Å²) in [7, 11) is 4.42. The van der Waals surface area contributed by atoms with Crippen molar-refractivity contribution in [2.75, 3.05) is 0 Å². The first-order valence-electron chi connectivity index (χ1n) is 0.762. The van der Waals surface area contributed by atoms with Gasteiger partial charge in [-0.15, -0.1) is 0 Å². The van der Waals surface area contributed by atoms with Crippen LogP contribution in [0.1, 0.15) is 0 Å². The van der Waals surface area contributed by atoms with Crippen LogP contribution in [0, 0.1) is 11.5 Å². The molecule has 0 atom stereocenters. The molecule has 0 saturated carbocycles. The summed E-state index contributed by atoms with van der Waals surface area (Å²) in [6, 6.07) is 0. The second kappa shape index (κ2) is 2.35. The quantitative estimate of drug-likeness (QED) is 0.221. The Hall–Kier alpha value is -0.645. The molecule has 0 fully saturated rings. The van der Waals surface area contributed by atoms with Crippen molar-refractivity contribution in [3.8, 4) is 6.19 Å². The van der Waals surface area contributed by atoms with Gasteiger partial charge in [0, 0.05) is 0 Å². The molecule has 0 aliphatic carbocycles. The Morgan fingerprint density at radius 1 is 2.00 bits per heavy atom. The van der Waals surface area contributed by atoms with Crippen molar-refractivity contribution < 1.29 is 0 Å². The molecule has 0 aliphatic rings. The minimum atomic E-state index is 1.46. The monoisotopic (exact) mass is 52.0 g/mol. The van der Waals surface area contributed by atoms with E-state index in [2.05, 4.69) is 7.98 Å². The van der Waals surface area contributed by atoms with Crippen LogP contribution in [-0.4, -0.2) is 7.98 Å². The van der Waals surface area contributed by atoms with Crippen molar-refractivity contribution in [2.24, 2.45) is 0 Å². The molecule has 1 N–H and O–H groups in total. The first-order chi connectivity index (χ1) is 1.91. The third-order valence-electron chi connectivity index (χ3n) is 0.0645. The van der Waals surface area contributed by atoms with Crippen LogP contribution in [0.4, 0.5) is 0 Å². The molecular formula is CHBN2. The van der Waals surface area contributed by atoms with Gasteiger partial charge in [0.2, 0.25) is 7.98 Å². The highest BCUT2D eigenvalue weighted by molar-refractivity contribution is 6.05. The van der Waals surface area contributed by atoms with Gasteiger partial charge >= 0.3 is 0 Å². The maximum Gasteiger partial charge on any atom is 0.237 e. The van der Waals surface area contributed by atoms with E-state index in [0.29, 0.717) is 0 Å². The van der Waals surface area contributed by atoms with Crippen LogP contribution in [0.5, 0.6) is 0 Å². The lowest BCUT2D eigenvalue weighted by Crippen LogP contribution is -1.93. The first kappa shape index (κ1) is 3.35. The normalized spacial score (nSPS) is 3.75. The Labute approximate surface area is 25.9 Å². The SMILES string of the molecule is [B]NC#N. The van der Waals surface area contributed by atoms with Gasteiger partial charge in [-0.2, -0.15) is 5.26 Å². The summed E-state index contributed by atoms with van der Waals surface area (Å²) in [5.41, 5.74) is 0. The predicted octanol–water partition coefficient (Wildman–Crippen LogP) is -0.859. The molecule has 0 spiro atoms. The lowest BCUT2D eigenvalue weighted by atomic mass is 10.5. The van der Waals surface area contributed by atoms with Crippen molar-refractivity contribution in [1.82, 2.24) is 5.23 Å². The Morgan fingerprint density at radius 3 is 2.25 bits per heavy atom. The van der Waals surface area contributed by atoms with Gasteiger partial charge < -0.3 is 5.23 Å². The fourth-order valence-corrected chi connectivity index (χ4v) is 0. The fourth-order valence-electron chi connectivity index (χ4n) is 0. The van der Waals surface area contributed by atoms with Crippen molar-refractivity contribution in [2.45, 2.75) is 0 Å². The molecule has 0 unspecified atom stereocenters. The summed E-state index contributed by atoms with van der Waals surface area (Å²) in [6.07, 6.45) is 1.46. The van der Waals surface area contributed by atoms with Crippen LogP contribution in [0.25, 0.3) is 0 Å². The zero-order valence-electron chi connectivity index (χ0n) is 2.02. The molecule has 2 nitrogen and oxygen atoms in total. The smallest absolute Gasteiger partial charge is 0.237 e. The minimum Gasteiger partial charge on any atom is -0.378 e. The van der Waals surface area contributed by atoms with Crippen molar-refractivity contribution in [3.05, 3.63) is 0 Å².